The highest BCUT2D eigenvalue weighted by Crippen LogP contribution is 2.22. The third-order valence-electron chi connectivity index (χ3n) is 5.66. The number of amides is 1. The summed E-state index contributed by atoms with van der Waals surface area (Å²) in [5, 5.41) is 2.87. The van der Waals surface area contributed by atoms with E-state index in [4.69, 9.17) is 4.74 Å². The lowest BCUT2D eigenvalue weighted by atomic mass is 9.97. The van der Waals surface area contributed by atoms with Gasteiger partial charge in [-0.25, -0.2) is 17.1 Å². The van der Waals surface area contributed by atoms with Gasteiger partial charge < -0.3 is 10.1 Å². The molecule has 1 fully saturated rings. The fraction of sp³-hybridized carbons (Fsp3) is 0.435. The van der Waals surface area contributed by atoms with Crippen LogP contribution in [0.15, 0.2) is 42.5 Å². The number of piperidine rings is 1. The summed E-state index contributed by atoms with van der Waals surface area (Å²) in [6.45, 7) is 5.33. The summed E-state index contributed by atoms with van der Waals surface area (Å²) in [5.74, 6) is -0.447. The first-order chi connectivity index (χ1) is 14.8. The molecule has 1 aliphatic rings. The van der Waals surface area contributed by atoms with Crippen molar-refractivity contribution in [2.24, 2.45) is 5.92 Å². The highest BCUT2D eigenvalue weighted by atomic mass is 32.2. The van der Waals surface area contributed by atoms with Crippen molar-refractivity contribution in [3.05, 3.63) is 65.0 Å². The highest BCUT2D eigenvalue weighted by molar-refractivity contribution is 7.88. The maximum atomic E-state index is 13.8. The minimum Gasteiger partial charge on any atom is -0.492 e. The van der Waals surface area contributed by atoms with E-state index in [-0.39, 0.29) is 36.2 Å². The zero-order chi connectivity index (χ0) is 22.4. The van der Waals surface area contributed by atoms with E-state index in [1.165, 1.54) is 28.1 Å². The van der Waals surface area contributed by atoms with Crippen molar-refractivity contribution in [2.45, 2.75) is 32.4 Å². The zero-order valence-corrected chi connectivity index (χ0v) is 18.8. The van der Waals surface area contributed by atoms with Crippen LogP contribution < -0.4 is 10.1 Å². The Kier molecular flexibility index (Phi) is 7.67. The Bertz CT molecular complexity index is 1020. The van der Waals surface area contributed by atoms with Crippen LogP contribution in [0.25, 0.3) is 0 Å². The molecule has 3 rings (SSSR count). The van der Waals surface area contributed by atoms with E-state index >= 15 is 0 Å². The first kappa shape index (κ1) is 23.2. The zero-order valence-electron chi connectivity index (χ0n) is 17.9. The molecule has 0 aromatic heterocycles. The lowest BCUT2D eigenvalue weighted by Crippen LogP contribution is -2.44. The van der Waals surface area contributed by atoms with Gasteiger partial charge in [0, 0.05) is 24.6 Å². The minimum absolute atomic E-state index is 0.0881. The number of halogens is 1. The number of hydrogen-bond donors (Lipinski definition) is 1. The molecule has 168 valence electrons. The van der Waals surface area contributed by atoms with Crippen LogP contribution >= 0.6 is 0 Å². The van der Waals surface area contributed by atoms with Crippen LogP contribution in [0.5, 0.6) is 5.75 Å². The second-order valence-electron chi connectivity index (χ2n) is 7.91. The number of hydrogen-bond acceptors (Lipinski definition) is 4. The Morgan fingerprint density at radius 1 is 1.13 bits per heavy atom. The number of rotatable bonds is 8. The Morgan fingerprint density at radius 2 is 1.84 bits per heavy atom. The fourth-order valence-corrected chi connectivity index (χ4v) is 5.17. The number of nitrogens with one attached hydrogen (secondary N) is 1. The van der Waals surface area contributed by atoms with E-state index in [0.717, 1.165) is 11.3 Å². The third-order valence-corrected chi connectivity index (χ3v) is 7.49. The summed E-state index contributed by atoms with van der Waals surface area (Å²) in [6.07, 6.45) is 0.890. The predicted octanol–water partition coefficient (Wildman–Crippen LogP) is 3.18. The lowest BCUT2D eigenvalue weighted by molar-refractivity contribution is -0.126. The number of nitrogens with zero attached hydrogens (tertiary/aromatic N) is 1. The number of carbonyl (C=O) groups is 1. The van der Waals surface area contributed by atoms with Gasteiger partial charge in [-0.3, -0.25) is 4.79 Å². The van der Waals surface area contributed by atoms with E-state index < -0.39 is 15.8 Å². The summed E-state index contributed by atoms with van der Waals surface area (Å²) in [5.41, 5.74) is 2.51. The van der Waals surface area contributed by atoms with Crippen molar-refractivity contribution in [2.75, 3.05) is 26.2 Å². The number of benzene rings is 2. The topological polar surface area (TPSA) is 75.7 Å². The Hall–Kier alpha value is -2.45. The smallest absolute Gasteiger partial charge is 0.223 e. The van der Waals surface area contributed by atoms with Gasteiger partial charge in [0.05, 0.1) is 12.3 Å². The van der Waals surface area contributed by atoms with Gasteiger partial charge in [-0.2, -0.15) is 0 Å². The van der Waals surface area contributed by atoms with Crippen molar-refractivity contribution in [1.29, 1.82) is 0 Å². The molecule has 1 saturated heterocycles. The van der Waals surface area contributed by atoms with E-state index in [0.29, 0.717) is 26.0 Å². The Balaban J connectivity index is 1.42. The predicted molar refractivity (Wildman–Crippen MR) is 118 cm³/mol. The Labute approximate surface area is 183 Å². The molecular weight excluding hydrogens is 419 g/mol. The van der Waals surface area contributed by atoms with Crippen LogP contribution in [0.1, 0.15) is 29.5 Å². The van der Waals surface area contributed by atoms with Crippen LogP contribution in [-0.2, 0) is 20.6 Å². The molecule has 8 heteroatoms. The molecular formula is C23H29FN2O4S. The van der Waals surface area contributed by atoms with Crippen molar-refractivity contribution in [3.8, 4) is 5.75 Å². The van der Waals surface area contributed by atoms with Crippen LogP contribution in [0, 0.1) is 25.6 Å². The maximum absolute atomic E-state index is 13.8. The van der Waals surface area contributed by atoms with Gasteiger partial charge in [0.25, 0.3) is 0 Å². The first-order valence-corrected chi connectivity index (χ1v) is 12.1. The lowest BCUT2D eigenvalue weighted by Gasteiger charge is -2.30. The minimum atomic E-state index is -3.62. The number of ether oxygens (including phenoxy) is 1. The monoisotopic (exact) mass is 448 g/mol. The molecule has 0 bridgehead atoms. The van der Waals surface area contributed by atoms with Crippen LogP contribution in [-0.4, -0.2) is 44.9 Å². The maximum Gasteiger partial charge on any atom is 0.223 e. The molecule has 1 aliphatic heterocycles. The summed E-state index contributed by atoms with van der Waals surface area (Å²) < 4.78 is 46.1. The quantitative estimate of drug-likeness (QED) is 0.630. The summed E-state index contributed by atoms with van der Waals surface area (Å²) in [4.78, 5) is 12.4. The van der Waals surface area contributed by atoms with Crippen molar-refractivity contribution in [3.63, 3.8) is 0 Å². The number of carbonyl (C=O) groups excluding carboxylic acids is 1. The molecule has 0 radical (unpaired) electrons. The van der Waals surface area contributed by atoms with Gasteiger partial charge in [0.2, 0.25) is 15.9 Å². The SMILES string of the molecule is Cc1ccc(OCCNC(=O)C2CCN(S(=O)(=O)Cc3ccccc3F)CC2)cc1C. The summed E-state index contributed by atoms with van der Waals surface area (Å²) in [7, 11) is -3.62. The van der Waals surface area contributed by atoms with E-state index in [2.05, 4.69) is 5.32 Å². The fourth-order valence-electron chi connectivity index (χ4n) is 3.59. The van der Waals surface area contributed by atoms with Gasteiger partial charge in [0.15, 0.2) is 0 Å². The average molecular weight is 449 g/mol. The van der Waals surface area contributed by atoms with Crippen LogP contribution in [0.2, 0.25) is 0 Å². The second kappa shape index (κ2) is 10.2. The van der Waals surface area contributed by atoms with E-state index in [1.807, 2.05) is 32.0 Å². The van der Waals surface area contributed by atoms with E-state index in [1.54, 1.807) is 6.07 Å². The molecule has 1 heterocycles. The molecule has 0 aliphatic carbocycles. The molecule has 0 saturated carbocycles. The molecule has 31 heavy (non-hydrogen) atoms. The van der Waals surface area contributed by atoms with Gasteiger partial charge in [-0.05, 0) is 56.0 Å². The van der Waals surface area contributed by atoms with Gasteiger partial charge in [0.1, 0.15) is 18.2 Å². The highest BCUT2D eigenvalue weighted by Gasteiger charge is 2.31. The molecule has 0 atom stereocenters. The normalized spacial score (nSPS) is 15.6. The molecule has 2 aromatic rings. The molecule has 6 nitrogen and oxygen atoms in total. The number of sulfonamides is 1. The summed E-state index contributed by atoms with van der Waals surface area (Å²) >= 11 is 0. The first-order valence-electron chi connectivity index (χ1n) is 10.5. The standard InChI is InChI=1S/C23H29FN2O4S/c1-17-7-8-21(15-18(17)2)30-14-11-25-23(27)19-9-12-26(13-10-19)31(28,29)16-20-5-3-4-6-22(20)24/h3-8,15,19H,9-14,16H2,1-2H3,(H,25,27). The van der Waals surface area contributed by atoms with Crippen LogP contribution in [0.3, 0.4) is 0 Å². The van der Waals surface area contributed by atoms with Crippen LogP contribution in [0.4, 0.5) is 4.39 Å². The molecule has 1 N–H and O–H groups in total. The summed E-state index contributed by atoms with van der Waals surface area (Å²) in [6, 6.07) is 11.8. The molecule has 0 spiro atoms. The number of aryl methyl sites for hydroxylation is 2. The third kappa shape index (κ3) is 6.27. The van der Waals surface area contributed by atoms with Crippen molar-refractivity contribution >= 4 is 15.9 Å². The second-order valence-corrected chi connectivity index (χ2v) is 9.88. The van der Waals surface area contributed by atoms with Gasteiger partial charge in [-0.15, -0.1) is 0 Å². The molecule has 0 unspecified atom stereocenters. The average Bonchev–Trinajstić information content (AvgIpc) is 2.75. The van der Waals surface area contributed by atoms with Gasteiger partial charge >= 0.3 is 0 Å². The largest absolute Gasteiger partial charge is 0.492 e. The Morgan fingerprint density at radius 3 is 2.52 bits per heavy atom. The molecule has 2 aromatic carbocycles. The van der Waals surface area contributed by atoms with E-state index in [9.17, 15) is 17.6 Å². The van der Waals surface area contributed by atoms with Crippen molar-refractivity contribution < 1.29 is 22.3 Å². The molecule has 1 amide bonds. The van der Waals surface area contributed by atoms with Gasteiger partial charge in [-0.1, -0.05) is 24.3 Å². The van der Waals surface area contributed by atoms with Crippen molar-refractivity contribution in [1.82, 2.24) is 9.62 Å².